The van der Waals surface area contributed by atoms with Gasteiger partial charge in [-0.2, -0.15) is 9.78 Å². The van der Waals surface area contributed by atoms with Crippen molar-refractivity contribution in [3.05, 3.63) is 88.7 Å². The first kappa shape index (κ1) is 22.3. The zero-order valence-corrected chi connectivity index (χ0v) is 19.6. The zero-order chi connectivity index (χ0) is 23.6. The van der Waals surface area contributed by atoms with Crippen molar-refractivity contribution in [1.29, 1.82) is 0 Å². The van der Waals surface area contributed by atoms with Crippen LogP contribution >= 0.6 is 0 Å². The van der Waals surface area contributed by atoms with E-state index < -0.39 is 0 Å². The molecule has 3 aromatic carbocycles. The van der Waals surface area contributed by atoms with E-state index in [2.05, 4.69) is 5.10 Å². The molecule has 6 heteroatoms. The van der Waals surface area contributed by atoms with E-state index in [4.69, 9.17) is 9.72 Å². The van der Waals surface area contributed by atoms with Crippen molar-refractivity contribution in [1.82, 2.24) is 9.66 Å². The highest BCUT2D eigenvalue weighted by Crippen LogP contribution is 2.27. The quantitative estimate of drug-likeness (QED) is 0.401. The molecule has 0 aliphatic carbocycles. The van der Waals surface area contributed by atoms with Crippen molar-refractivity contribution in [2.75, 3.05) is 19.0 Å². The van der Waals surface area contributed by atoms with Gasteiger partial charge in [-0.3, -0.25) is 4.79 Å². The summed E-state index contributed by atoms with van der Waals surface area (Å²) >= 11 is 0. The topological polar surface area (TPSA) is 59.7 Å². The molecule has 0 spiro atoms. The van der Waals surface area contributed by atoms with Crippen LogP contribution in [-0.2, 0) is 0 Å². The lowest BCUT2D eigenvalue weighted by atomic mass is 10.1. The molecule has 168 valence electrons. The molecule has 0 bridgehead atoms. The Bertz CT molecular complexity index is 1370. The van der Waals surface area contributed by atoms with Gasteiger partial charge in [0.15, 0.2) is 5.82 Å². The second-order valence-corrected chi connectivity index (χ2v) is 9.01. The summed E-state index contributed by atoms with van der Waals surface area (Å²) in [5, 5.41) is 5.11. The fraction of sp³-hybridized carbons (Fsp3) is 0.222. The van der Waals surface area contributed by atoms with Gasteiger partial charge in [-0.15, -0.1) is 0 Å². The molecule has 1 heterocycles. The first-order valence-electron chi connectivity index (χ1n) is 10.8. The molecule has 4 aromatic rings. The minimum Gasteiger partial charge on any atom is -0.487 e. The third-order valence-electron chi connectivity index (χ3n) is 5.03. The third kappa shape index (κ3) is 4.95. The fourth-order valence-corrected chi connectivity index (χ4v) is 3.45. The summed E-state index contributed by atoms with van der Waals surface area (Å²) in [6, 6.07) is 22.8. The first-order valence-corrected chi connectivity index (χ1v) is 10.8. The number of fused-ring (bicyclic) bond motifs is 1. The maximum atomic E-state index is 13.4. The smallest absolute Gasteiger partial charge is 0.282 e. The fourth-order valence-electron chi connectivity index (χ4n) is 3.45. The van der Waals surface area contributed by atoms with Gasteiger partial charge in [0, 0.05) is 37.0 Å². The van der Waals surface area contributed by atoms with Crippen molar-refractivity contribution < 1.29 is 4.74 Å². The van der Waals surface area contributed by atoms with Crippen LogP contribution in [0.5, 0.6) is 5.75 Å². The molecule has 0 fully saturated rings. The Kier molecular flexibility index (Phi) is 6.01. The second kappa shape index (κ2) is 8.90. The van der Waals surface area contributed by atoms with Crippen LogP contribution in [0.15, 0.2) is 82.7 Å². The lowest BCUT2D eigenvalue weighted by molar-refractivity contribution is 0.131. The maximum absolute atomic E-state index is 13.4. The van der Waals surface area contributed by atoms with Crippen molar-refractivity contribution in [2.45, 2.75) is 26.4 Å². The van der Waals surface area contributed by atoms with Crippen LogP contribution < -0.4 is 15.2 Å². The van der Waals surface area contributed by atoms with E-state index in [1.165, 1.54) is 4.68 Å². The summed E-state index contributed by atoms with van der Waals surface area (Å²) < 4.78 is 7.57. The van der Waals surface area contributed by atoms with Gasteiger partial charge in [0.05, 0.1) is 17.1 Å². The molecule has 0 unspecified atom stereocenters. The Morgan fingerprint density at radius 2 is 1.67 bits per heavy atom. The molecule has 1 aromatic heterocycles. The number of benzene rings is 3. The average molecular weight is 441 g/mol. The minimum absolute atomic E-state index is 0.223. The minimum atomic E-state index is -0.385. The van der Waals surface area contributed by atoms with Crippen LogP contribution in [0.1, 0.15) is 26.3 Å². The van der Waals surface area contributed by atoms with Gasteiger partial charge in [-0.25, -0.2) is 4.98 Å². The number of nitrogens with zero attached hydrogens (tertiary/aromatic N) is 4. The monoisotopic (exact) mass is 440 g/mol. The number of ether oxygens (including phenoxy) is 1. The Balaban J connectivity index is 1.88. The lowest BCUT2D eigenvalue weighted by Crippen LogP contribution is -2.24. The molecule has 0 N–H and O–H groups in total. The molecule has 0 aliphatic heterocycles. The Labute approximate surface area is 193 Å². The van der Waals surface area contributed by atoms with E-state index in [-0.39, 0.29) is 11.2 Å². The number of anilines is 1. The molecular formula is C27H28N4O2. The molecule has 0 radical (unpaired) electrons. The van der Waals surface area contributed by atoms with Crippen molar-refractivity contribution >= 4 is 22.8 Å². The summed E-state index contributed by atoms with van der Waals surface area (Å²) in [4.78, 5) is 20.1. The van der Waals surface area contributed by atoms with Crippen molar-refractivity contribution in [3.63, 3.8) is 0 Å². The van der Waals surface area contributed by atoms with E-state index in [9.17, 15) is 4.79 Å². The molecule has 0 saturated heterocycles. The largest absolute Gasteiger partial charge is 0.487 e. The van der Waals surface area contributed by atoms with Crippen molar-refractivity contribution in [3.8, 4) is 17.1 Å². The van der Waals surface area contributed by atoms with Gasteiger partial charge in [-0.05, 0) is 45.0 Å². The molecule has 0 atom stereocenters. The van der Waals surface area contributed by atoms with E-state index in [0.717, 1.165) is 16.8 Å². The van der Waals surface area contributed by atoms with Gasteiger partial charge < -0.3 is 9.64 Å². The molecule has 4 rings (SSSR count). The highest BCUT2D eigenvalue weighted by atomic mass is 16.5. The number of rotatable bonds is 5. The lowest BCUT2D eigenvalue weighted by Gasteiger charge is -2.24. The SMILES string of the molecule is CN(C)c1ccc(C=Nn2c(-c3ccccc3)nc3ccccc3c2=O)c(OC(C)(C)C)c1. The number of hydrogen-bond acceptors (Lipinski definition) is 5. The summed E-state index contributed by atoms with van der Waals surface area (Å²) in [7, 11) is 3.97. The van der Waals surface area contributed by atoms with Gasteiger partial charge in [0.2, 0.25) is 0 Å². The van der Waals surface area contributed by atoms with Gasteiger partial charge in [0.25, 0.3) is 5.56 Å². The summed E-state index contributed by atoms with van der Waals surface area (Å²) in [5.74, 6) is 1.18. The van der Waals surface area contributed by atoms with Crippen LogP contribution in [0.4, 0.5) is 5.69 Å². The van der Waals surface area contributed by atoms with E-state index in [1.807, 2.05) is 106 Å². The highest BCUT2D eigenvalue weighted by molar-refractivity contribution is 5.85. The molecule has 0 amide bonds. The van der Waals surface area contributed by atoms with Gasteiger partial charge >= 0.3 is 0 Å². The number of hydrogen-bond donors (Lipinski definition) is 0. The molecule has 33 heavy (non-hydrogen) atoms. The molecule has 0 saturated carbocycles. The highest BCUT2D eigenvalue weighted by Gasteiger charge is 2.16. The van der Waals surface area contributed by atoms with Gasteiger partial charge in [-0.1, -0.05) is 42.5 Å². The molecule has 6 nitrogen and oxygen atoms in total. The van der Waals surface area contributed by atoms with Crippen LogP contribution in [0, 0.1) is 0 Å². The normalized spacial score (nSPS) is 11.8. The average Bonchev–Trinajstić information content (AvgIpc) is 2.78. The van der Waals surface area contributed by atoms with Crippen LogP contribution in [-0.4, -0.2) is 35.6 Å². The van der Waals surface area contributed by atoms with Crippen LogP contribution in [0.2, 0.25) is 0 Å². The van der Waals surface area contributed by atoms with Crippen LogP contribution in [0.3, 0.4) is 0 Å². The third-order valence-corrected chi connectivity index (χ3v) is 5.03. The summed E-state index contributed by atoms with van der Waals surface area (Å²) in [6.45, 7) is 6.00. The molecular weight excluding hydrogens is 412 g/mol. The Morgan fingerprint density at radius 3 is 2.36 bits per heavy atom. The predicted octanol–water partition coefficient (Wildman–Crippen LogP) is 5.19. The summed E-state index contributed by atoms with van der Waals surface area (Å²) in [6.07, 6.45) is 1.66. The maximum Gasteiger partial charge on any atom is 0.282 e. The number of aromatic nitrogens is 2. The summed E-state index contributed by atoms with van der Waals surface area (Å²) in [5.41, 5.74) is 2.63. The Morgan fingerprint density at radius 1 is 0.970 bits per heavy atom. The van der Waals surface area contributed by atoms with Crippen molar-refractivity contribution in [2.24, 2.45) is 5.10 Å². The molecule has 0 aliphatic rings. The first-order chi connectivity index (χ1) is 15.7. The Hall–Kier alpha value is -3.93. The van der Waals surface area contributed by atoms with Gasteiger partial charge in [0.1, 0.15) is 11.4 Å². The predicted molar refractivity (Wildman–Crippen MR) is 136 cm³/mol. The van der Waals surface area contributed by atoms with Crippen LogP contribution in [0.25, 0.3) is 22.3 Å². The van der Waals surface area contributed by atoms with E-state index in [1.54, 1.807) is 12.3 Å². The standard InChI is InChI=1S/C27H28N4O2/c1-27(2,3)33-24-17-21(30(4)5)16-15-20(24)18-28-31-25(19-11-7-6-8-12-19)29-23-14-10-9-13-22(23)26(31)32/h6-18H,1-5H3. The van der Waals surface area contributed by atoms with E-state index >= 15 is 0 Å². The number of para-hydroxylation sites is 1. The zero-order valence-electron chi connectivity index (χ0n) is 19.6. The second-order valence-electron chi connectivity index (χ2n) is 9.01. The van der Waals surface area contributed by atoms with E-state index in [0.29, 0.717) is 22.5 Å².